The summed E-state index contributed by atoms with van der Waals surface area (Å²) >= 11 is 0.992. The summed E-state index contributed by atoms with van der Waals surface area (Å²) in [5.74, 6) is -1.35. The number of rotatable bonds is 8. The molecule has 0 saturated heterocycles. The standard InChI is InChI=1S/C21H18FN3O6S2/c1-30-20-15(10-23-21(24-20)31-2)17-6-8-19(32-17)33(28,29)25-11-12(3-7-18(26)27)14-9-13(22)4-5-16(14)25/h4-6,8-11H,3,7H2,1-2H3,(H,26,27). The minimum absolute atomic E-state index is 0.0291. The summed E-state index contributed by atoms with van der Waals surface area (Å²) in [6.45, 7) is 0. The van der Waals surface area contributed by atoms with Crippen molar-refractivity contribution in [2.75, 3.05) is 14.2 Å². The minimum Gasteiger partial charge on any atom is -0.481 e. The number of ether oxygens (including phenoxy) is 2. The van der Waals surface area contributed by atoms with Gasteiger partial charge < -0.3 is 14.6 Å². The van der Waals surface area contributed by atoms with Crippen LogP contribution in [0.4, 0.5) is 4.39 Å². The van der Waals surface area contributed by atoms with Crippen LogP contribution < -0.4 is 9.47 Å². The average molecular weight is 492 g/mol. The van der Waals surface area contributed by atoms with Crippen LogP contribution >= 0.6 is 11.3 Å². The highest BCUT2D eigenvalue weighted by Crippen LogP contribution is 2.37. The van der Waals surface area contributed by atoms with Crippen LogP contribution in [-0.4, -0.2) is 47.7 Å². The molecule has 1 aromatic carbocycles. The molecule has 33 heavy (non-hydrogen) atoms. The number of fused-ring (bicyclic) bond motifs is 1. The van der Waals surface area contributed by atoms with E-state index in [1.165, 1.54) is 44.8 Å². The topological polar surface area (TPSA) is 121 Å². The second kappa shape index (κ2) is 8.79. The van der Waals surface area contributed by atoms with Crippen LogP contribution in [0.25, 0.3) is 21.3 Å². The Bertz CT molecular complexity index is 1460. The lowest BCUT2D eigenvalue weighted by molar-refractivity contribution is -0.136. The fraction of sp³-hybridized carbons (Fsp3) is 0.190. The molecule has 0 aliphatic carbocycles. The summed E-state index contributed by atoms with van der Waals surface area (Å²) in [7, 11) is -1.21. The lowest BCUT2D eigenvalue weighted by Gasteiger charge is -2.07. The molecule has 0 aliphatic rings. The van der Waals surface area contributed by atoms with E-state index >= 15 is 0 Å². The van der Waals surface area contributed by atoms with Crippen LogP contribution in [0.3, 0.4) is 0 Å². The van der Waals surface area contributed by atoms with Crippen LogP contribution in [0.2, 0.25) is 0 Å². The monoisotopic (exact) mass is 491 g/mol. The van der Waals surface area contributed by atoms with Gasteiger partial charge in [0.1, 0.15) is 10.0 Å². The first-order chi connectivity index (χ1) is 15.7. The van der Waals surface area contributed by atoms with Crippen LogP contribution in [0.5, 0.6) is 11.9 Å². The van der Waals surface area contributed by atoms with E-state index in [-0.39, 0.29) is 34.5 Å². The number of nitrogens with zero attached hydrogens (tertiary/aromatic N) is 3. The smallest absolute Gasteiger partial charge is 0.319 e. The SMILES string of the molecule is COc1ncc(-c2ccc(S(=O)(=O)n3cc(CCC(=O)O)c4cc(F)ccc43)s2)c(OC)n1. The fourth-order valence-electron chi connectivity index (χ4n) is 3.35. The van der Waals surface area contributed by atoms with Crippen molar-refractivity contribution in [2.24, 2.45) is 0 Å². The van der Waals surface area contributed by atoms with Crippen molar-refractivity contribution >= 4 is 38.2 Å². The molecule has 12 heteroatoms. The minimum atomic E-state index is -4.06. The molecule has 0 unspecified atom stereocenters. The summed E-state index contributed by atoms with van der Waals surface area (Å²) in [5.41, 5.74) is 1.18. The van der Waals surface area contributed by atoms with Crippen molar-refractivity contribution in [3.63, 3.8) is 0 Å². The van der Waals surface area contributed by atoms with E-state index in [2.05, 4.69) is 9.97 Å². The molecule has 172 valence electrons. The first-order valence-corrected chi connectivity index (χ1v) is 11.8. The van der Waals surface area contributed by atoms with Gasteiger partial charge in [-0.15, -0.1) is 11.3 Å². The van der Waals surface area contributed by atoms with E-state index in [9.17, 15) is 17.6 Å². The number of thiophene rings is 1. The van der Waals surface area contributed by atoms with Crippen molar-refractivity contribution in [1.82, 2.24) is 13.9 Å². The molecule has 4 aromatic rings. The molecule has 0 bridgehead atoms. The number of hydrogen-bond donors (Lipinski definition) is 1. The van der Waals surface area contributed by atoms with Gasteiger partial charge in [-0.1, -0.05) is 0 Å². The first-order valence-electron chi connectivity index (χ1n) is 9.56. The zero-order valence-corrected chi connectivity index (χ0v) is 19.1. The Morgan fingerprint density at radius 1 is 1.21 bits per heavy atom. The molecule has 0 saturated carbocycles. The van der Waals surface area contributed by atoms with Gasteiger partial charge in [0, 0.05) is 29.1 Å². The number of aryl methyl sites for hydroxylation is 1. The lowest BCUT2D eigenvalue weighted by atomic mass is 10.1. The van der Waals surface area contributed by atoms with Gasteiger partial charge in [0.2, 0.25) is 5.88 Å². The largest absolute Gasteiger partial charge is 0.481 e. The Labute approximate surface area is 192 Å². The maximum Gasteiger partial charge on any atom is 0.319 e. The van der Waals surface area contributed by atoms with Gasteiger partial charge in [-0.05, 0) is 42.3 Å². The molecule has 0 atom stereocenters. The van der Waals surface area contributed by atoms with Gasteiger partial charge >= 0.3 is 12.0 Å². The molecule has 0 amide bonds. The summed E-state index contributed by atoms with van der Waals surface area (Å²) in [5, 5.41) is 9.36. The Kier molecular flexibility index (Phi) is 6.04. The quantitative estimate of drug-likeness (QED) is 0.397. The van der Waals surface area contributed by atoms with Crippen LogP contribution in [-0.2, 0) is 21.2 Å². The van der Waals surface area contributed by atoms with E-state index in [1.807, 2.05) is 0 Å². The summed E-state index contributed by atoms with van der Waals surface area (Å²) in [4.78, 5) is 19.7. The maximum absolute atomic E-state index is 13.9. The van der Waals surface area contributed by atoms with Crippen molar-refractivity contribution in [3.8, 4) is 22.3 Å². The average Bonchev–Trinajstić information content (AvgIpc) is 3.43. The van der Waals surface area contributed by atoms with Crippen molar-refractivity contribution in [1.29, 1.82) is 0 Å². The molecule has 1 N–H and O–H groups in total. The van der Waals surface area contributed by atoms with E-state index in [0.29, 0.717) is 21.4 Å². The zero-order chi connectivity index (χ0) is 23.8. The first kappa shape index (κ1) is 22.7. The van der Waals surface area contributed by atoms with Gasteiger partial charge in [-0.2, -0.15) is 13.4 Å². The molecule has 0 aliphatic heterocycles. The number of aromatic nitrogens is 3. The van der Waals surface area contributed by atoms with Crippen molar-refractivity contribution in [2.45, 2.75) is 17.1 Å². The van der Waals surface area contributed by atoms with Gasteiger partial charge in [-0.25, -0.2) is 13.3 Å². The van der Waals surface area contributed by atoms with Crippen LogP contribution in [0.15, 0.2) is 46.9 Å². The number of carbonyl (C=O) groups is 1. The maximum atomic E-state index is 13.9. The van der Waals surface area contributed by atoms with Gasteiger partial charge in [0.05, 0.1) is 25.3 Å². The highest BCUT2D eigenvalue weighted by atomic mass is 32.2. The third-order valence-corrected chi connectivity index (χ3v) is 8.15. The number of methoxy groups -OCH3 is 2. The molecular formula is C21H18FN3O6S2. The highest BCUT2D eigenvalue weighted by molar-refractivity contribution is 7.92. The van der Waals surface area contributed by atoms with Gasteiger partial charge in [0.15, 0.2) is 0 Å². The number of aliphatic carboxylic acids is 1. The lowest BCUT2D eigenvalue weighted by Crippen LogP contribution is -2.10. The van der Waals surface area contributed by atoms with E-state index < -0.39 is 21.8 Å². The number of carboxylic acids is 1. The number of halogens is 1. The molecule has 0 spiro atoms. The molecule has 9 nitrogen and oxygen atoms in total. The summed E-state index contributed by atoms with van der Waals surface area (Å²) < 4.78 is 52.1. The Morgan fingerprint density at radius 3 is 2.70 bits per heavy atom. The Morgan fingerprint density at radius 2 is 2.00 bits per heavy atom. The van der Waals surface area contributed by atoms with E-state index in [4.69, 9.17) is 14.6 Å². The van der Waals surface area contributed by atoms with E-state index in [0.717, 1.165) is 21.4 Å². The fourth-order valence-corrected chi connectivity index (χ4v) is 6.14. The molecule has 3 heterocycles. The number of hydrogen-bond acceptors (Lipinski definition) is 8. The second-order valence-electron chi connectivity index (χ2n) is 6.91. The highest BCUT2D eigenvalue weighted by Gasteiger charge is 2.25. The molecule has 4 rings (SSSR count). The Hall–Kier alpha value is -3.51. The van der Waals surface area contributed by atoms with Gasteiger partial charge in [0.25, 0.3) is 10.0 Å². The predicted octanol–water partition coefficient (Wildman–Crippen LogP) is 3.57. The van der Waals surface area contributed by atoms with Crippen molar-refractivity contribution < 1.29 is 32.2 Å². The molecular weight excluding hydrogens is 473 g/mol. The third-order valence-electron chi connectivity index (χ3n) is 4.89. The summed E-state index contributed by atoms with van der Waals surface area (Å²) in [6, 6.07) is 6.90. The second-order valence-corrected chi connectivity index (χ2v) is 10.0. The number of carboxylic acid groups (broad SMARTS) is 1. The normalized spacial score (nSPS) is 11.6. The van der Waals surface area contributed by atoms with Crippen LogP contribution in [0, 0.1) is 5.82 Å². The molecule has 0 fully saturated rings. The van der Waals surface area contributed by atoms with Gasteiger partial charge in [-0.3, -0.25) is 4.79 Å². The molecule has 3 aromatic heterocycles. The number of benzene rings is 1. The van der Waals surface area contributed by atoms with E-state index in [1.54, 1.807) is 6.07 Å². The zero-order valence-electron chi connectivity index (χ0n) is 17.5. The molecule has 0 radical (unpaired) electrons. The third kappa shape index (κ3) is 4.26. The van der Waals surface area contributed by atoms with Crippen LogP contribution in [0.1, 0.15) is 12.0 Å². The Balaban J connectivity index is 1.79. The summed E-state index contributed by atoms with van der Waals surface area (Å²) in [6.07, 6.45) is 2.67. The predicted molar refractivity (Wildman–Crippen MR) is 119 cm³/mol. The van der Waals surface area contributed by atoms with Crippen molar-refractivity contribution in [3.05, 3.63) is 54.1 Å².